The van der Waals surface area contributed by atoms with Crippen molar-refractivity contribution in [3.05, 3.63) is 71.5 Å². The average molecular weight is 385 g/mol. The number of amides is 1. The molecule has 1 aliphatic rings. The molecular weight excluding hydrogens is 357 g/mol. The second-order valence-electron chi connectivity index (χ2n) is 7.05. The number of rotatable bonds is 8. The quantitative estimate of drug-likeness (QED) is 0.757. The Balaban J connectivity index is 1.55. The van der Waals surface area contributed by atoms with Crippen LogP contribution >= 0.6 is 0 Å². The Kier molecular flexibility index (Phi) is 7.54. The fourth-order valence-electron chi connectivity index (χ4n) is 3.43. The molecule has 1 heterocycles. The van der Waals surface area contributed by atoms with E-state index in [-0.39, 0.29) is 17.8 Å². The van der Waals surface area contributed by atoms with Crippen LogP contribution in [0.25, 0.3) is 0 Å². The molecule has 1 aliphatic heterocycles. The molecule has 0 bridgehead atoms. The maximum atomic E-state index is 13.1. The molecule has 28 heavy (non-hydrogen) atoms. The standard InChI is InChI=1S/C22H28FN3O2/c23-20-8-6-19(7-9-20)21-16-26(14-15-28-21)22(27)17-25(13-11-24)12-10-18-4-2-1-3-5-18/h1-9,21H,10-17,24H2. The van der Waals surface area contributed by atoms with Crippen molar-refractivity contribution in [3.63, 3.8) is 0 Å². The van der Waals surface area contributed by atoms with Gasteiger partial charge in [0.15, 0.2) is 0 Å². The van der Waals surface area contributed by atoms with Crippen LogP contribution in [0, 0.1) is 5.82 Å². The molecule has 1 saturated heterocycles. The molecular formula is C22H28FN3O2. The number of carbonyl (C=O) groups is 1. The lowest BCUT2D eigenvalue weighted by molar-refractivity contribution is -0.140. The monoisotopic (exact) mass is 385 g/mol. The van der Waals surface area contributed by atoms with Gasteiger partial charge in [-0.15, -0.1) is 0 Å². The third kappa shape index (κ3) is 5.86. The number of carbonyl (C=O) groups excluding carboxylic acids is 1. The SMILES string of the molecule is NCCN(CCc1ccccc1)CC(=O)N1CCOC(c2ccc(F)cc2)C1. The lowest BCUT2D eigenvalue weighted by atomic mass is 10.1. The van der Waals surface area contributed by atoms with E-state index in [2.05, 4.69) is 17.0 Å². The van der Waals surface area contributed by atoms with Crippen LogP contribution in [0.1, 0.15) is 17.2 Å². The molecule has 1 unspecified atom stereocenters. The summed E-state index contributed by atoms with van der Waals surface area (Å²) in [4.78, 5) is 16.8. The van der Waals surface area contributed by atoms with E-state index in [1.165, 1.54) is 17.7 Å². The van der Waals surface area contributed by atoms with E-state index in [1.807, 2.05) is 23.1 Å². The summed E-state index contributed by atoms with van der Waals surface area (Å²) in [5, 5.41) is 0. The summed E-state index contributed by atoms with van der Waals surface area (Å²) in [5.74, 6) is -0.194. The largest absolute Gasteiger partial charge is 0.370 e. The van der Waals surface area contributed by atoms with Crippen molar-refractivity contribution in [2.45, 2.75) is 12.5 Å². The summed E-state index contributed by atoms with van der Waals surface area (Å²) in [6, 6.07) is 16.5. The molecule has 1 amide bonds. The Labute approximate surface area is 165 Å². The maximum absolute atomic E-state index is 13.1. The van der Waals surface area contributed by atoms with Crippen LogP contribution in [-0.2, 0) is 16.0 Å². The van der Waals surface area contributed by atoms with Gasteiger partial charge in [0.1, 0.15) is 11.9 Å². The topological polar surface area (TPSA) is 58.8 Å². The summed E-state index contributed by atoms with van der Waals surface area (Å²) >= 11 is 0. The van der Waals surface area contributed by atoms with Crippen molar-refractivity contribution in [3.8, 4) is 0 Å². The second-order valence-corrected chi connectivity index (χ2v) is 7.05. The summed E-state index contributed by atoms with van der Waals surface area (Å²) in [7, 11) is 0. The zero-order valence-corrected chi connectivity index (χ0v) is 16.1. The third-order valence-corrected chi connectivity index (χ3v) is 5.02. The second kappa shape index (κ2) is 10.3. The minimum absolute atomic E-state index is 0.0805. The zero-order valence-electron chi connectivity index (χ0n) is 16.1. The van der Waals surface area contributed by atoms with Crippen LogP contribution in [0.5, 0.6) is 0 Å². The fourth-order valence-corrected chi connectivity index (χ4v) is 3.43. The van der Waals surface area contributed by atoms with Gasteiger partial charge in [0, 0.05) is 26.2 Å². The number of morpholine rings is 1. The Hall–Kier alpha value is -2.28. The molecule has 0 aliphatic carbocycles. The first-order valence-corrected chi connectivity index (χ1v) is 9.77. The molecule has 150 valence electrons. The number of hydrogen-bond donors (Lipinski definition) is 1. The third-order valence-electron chi connectivity index (χ3n) is 5.02. The molecule has 6 heteroatoms. The Morgan fingerprint density at radius 2 is 1.89 bits per heavy atom. The van der Waals surface area contributed by atoms with Gasteiger partial charge in [-0.05, 0) is 29.7 Å². The van der Waals surface area contributed by atoms with Crippen molar-refractivity contribution in [2.24, 2.45) is 5.73 Å². The molecule has 5 nitrogen and oxygen atoms in total. The number of nitrogens with two attached hydrogens (primary N) is 1. The molecule has 0 saturated carbocycles. The summed E-state index contributed by atoms with van der Waals surface area (Å²) < 4.78 is 18.9. The van der Waals surface area contributed by atoms with Crippen molar-refractivity contribution in [1.29, 1.82) is 0 Å². The first-order valence-electron chi connectivity index (χ1n) is 9.77. The number of benzene rings is 2. The first kappa shape index (κ1) is 20.5. The number of halogens is 1. The van der Waals surface area contributed by atoms with Crippen molar-refractivity contribution in [2.75, 3.05) is 45.9 Å². The molecule has 1 atom stereocenters. The highest BCUT2D eigenvalue weighted by Crippen LogP contribution is 2.22. The minimum atomic E-state index is -0.275. The molecule has 3 rings (SSSR count). The normalized spacial score (nSPS) is 17.1. The van der Waals surface area contributed by atoms with E-state index >= 15 is 0 Å². The smallest absolute Gasteiger partial charge is 0.236 e. The summed E-state index contributed by atoms with van der Waals surface area (Å²) in [6.45, 7) is 3.88. The molecule has 2 aromatic rings. The molecule has 1 fully saturated rings. The van der Waals surface area contributed by atoms with E-state index in [1.54, 1.807) is 12.1 Å². The lowest BCUT2D eigenvalue weighted by Gasteiger charge is -2.34. The van der Waals surface area contributed by atoms with Crippen LogP contribution < -0.4 is 5.73 Å². The van der Waals surface area contributed by atoms with Gasteiger partial charge in [0.25, 0.3) is 0 Å². The zero-order chi connectivity index (χ0) is 19.8. The number of nitrogens with zero attached hydrogens (tertiary/aromatic N) is 2. The molecule has 2 N–H and O–H groups in total. The Morgan fingerprint density at radius 1 is 1.14 bits per heavy atom. The molecule has 0 aromatic heterocycles. The minimum Gasteiger partial charge on any atom is -0.370 e. The molecule has 0 spiro atoms. The van der Waals surface area contributed by atoms with Crippen molar-refractivity contribution < 1.29 is 13.9 Å². The van der Waals surface area contributed by atoms with Crippen LogP contribution in [0.4, 0.5) is 4.39 Å². The van der Waals surface area contributed by atoms with Crippen LogP contribution in [0.3, 0.4) is 0 Å². The number of ether oxygens (including phenoxy) is 1. The van der Waals surface area contributed by atoms with Gasteiger partial charge in [0.05, 0.1) is 19.7 Å². The van der Waals surface area contributed by atoms with Gasteiger partial charge in [-0.1, -0.05) is 42.5 Å². The van der Waals surface area contributed by atoms with Crippen LogP contribution in [-0.4, -0.2) is 61.6 Å². The summed E-state index contributed by atoms with van der Waals surface area (Å²) in [5.41, 5.74) is 7.89. The number of hydrogen-bond acceptors (Lipinski definition) is 4. The van der Waals surface area contributed by atoms with E-state index in [9.17, 15) is 9.18 Å². The Morgan fingerprint density at radius 3 is 2.61 bits per heavy atom. The van der Waals surface area contributed by atoms with Crippen LogP contribution in [0.15, 0.2) is 54.6 Å². The van der Waals surface area contributed by atoms with E-state index in [0.717, 1.165) is 18.5 Å². The van der Waals surface area contributed by atoms with Crippen molar-refractivity contribution >= 4 is 5.91 Å². The van der Waals surface area contributed by atoms with E-state index in [4.69, 9.17) is 10.5 Å². The van der Waals surface area contributed by atoms with Gasteiger partial charge >= 0.3 is 0 Å². The van der Waals surface area contributed by atoms with E-state index < -0.39 is 0 Å². The predicted molar refractivity (Wildman–Crippen MR) is 107 cm³/mol. The van der Waals surface area contributed by atoms with Crippen LogP contribution in [0.2, 0.25) is 0 Å². The van der Waals surface area contributed by atoms with Gasteiger partial charge in [-0.25, -0.2) is 4.39 Å². The van der Waals surface area contributed by atoms with Gasteiger partial charge < -0.3 is 15.4 Å². The highest BCUT2D eigenvalue weighted by molar-refractivity contribution is 5.78. The summed E-state index contributed by atoms with van der Waals surface area (Å²) in [6.07, 6.45) is 0.667. The lowest BCUT2D eigenvalue weighted by Crippen LogP contribution is -2.47. The highest BCUT2D eigenvalue weighted by Gasteiger charge is 2.26. The van der Waals surface area contributed by atoms with E-state index in [0.29, 0.717) is 39.3 Å². The molecule has 0 radical (unpaired) electrons. The molecule has 2 aromatic carbocycles. The van der Waals surface area contributed by atoms with Crippen molar-refractivity contribution in [1.82, 2.24) is 9.80 Å². The fraction of sp³-hybridized carbons (Fsp3) is 0.409. The maximum Gasteiger partial charge on any atom is 0.236 e. The predicted octanol–water partition coefficient (Wildman–Crippen LogP) is 2.23. The Bertz CT molecular complexity index is 739. The average Bonchev–Trinajstić information content (AvgIpc) is 2.73. The van der Waals surface area contributed by atoms with Gasteiger partial charge in [-0.2, -0.15) is 0 Å². The first-order chi connectivity index (χ1) is 13.7. The highest BCUT2D eigenvalue weighted by atomic mass is 19.1. The van der Waals surface area contributed by atoms with Gasteiger partial charge in [-0.3, -0.25) is 9.69 Å². The van der Waals surface area contributed by atoms with Gasteiger partial charge in [0.2, 0.25) is 5.91 Å².